The summed E-state index contributed by atoms with van der Waals surface area (Å²) in [6, 6.07) is 11.0. The summed E-state index contributed by atoms with van der Waals surface area (Å²) in [5, 5.41) is 12.1. The quantitative estimate of drug-likeness (QED) is 0.859. The van der Waals surface area contributed by atoms with Crippen LogP contribution >= 0.6 is 0 Å². The van der Waals surface area contributed by atoms with Crippen LogP contribution in [-0.2, 0) is 0 Å². The number of anilines is 3. The zero-order chi connectivity index (χ0) is 13.0. The second-order valence-corrected chi connectivity index (χ2v) is 3.63. The number of rotatable bonds is 3. The van der Waals surface area contributed by atoms with Crippen LogP contribution in [0.3, 0.4) is 0 Å². The Morgan fingerprint density at radius 3 is 2.94 bits per heavy atom. The molecule has 2 rings (SSSR count). The van der Waals surface area contributed by atoms with Crippen LogP contribution in [0.15, 0.2) is 36.5 Å². The summed E-state index contributed by atoms with van der Waals surface area (Å²) in [6.45, 7) is 0. The number of hydrogen-bond donors (Lipinski definition) is 2. The van der Waals surface area contributed by atoms with Gasteiger partial charge < -0.3 is 15.8 Å². The van der Waals surface area contributed by atoms with Gasteiger partial charge in [0, 0.05) is 11.8 Å². The highest BCUT2D eigenvalue weighted by Gasteiger charge is 2.05. The maximum absolute atomic E-state index is 9.01. The topological polar surface area (TPSA) is 84.0 Å². The van der Waals surface area contributed by atoms with E-state index in [1.54, 1.807) is 13.2 Å². The number of nitrogens with zero attached hydrogens (tertiary/aromatic N) is 2. The Hall–Kier alpha value is -2.74. The van der Waals surface area contributed by atoms with Gasteiger partial charge in [-0.25, -0.2) is 4.98 Å². The molecule has 0 bridgehead atoms. The van der Waals surface area contributed by atoms with Crippen molar-refractivity contribution in [2.75, 3.05) is 18.2 Å². The molecular formula is C13H12N4O. The van der Waals surface area contributed by atoms with E-state index in [0.29, 0.717) is 17.1 Å². The van der Waals surface area contributed by atoms with Crippen molar-refractivity contribution in [1.82, 2.24) is 4.98 Å². The zero-order valence-corrected chi connectivity index (χ0v) is 9.84. The highest BCUT2D eigenvalue weighted by atomic mass is 16.5. The van der Waals surface area contributed by atoms with Gasteiger partial charge in [-0.2, -0.15) is 5.26 Å². The highest BCUT2D eigenvalue weighted by molar-refractivity contribution is 5.65. The van der Waals surface area contributed by atoms with Crippen LogP contribution < -0.4 is 15.8 Å². The molecule has 2 aromatic rings. The third-order valence-corrected chi connectivity index (χ3v) is 2.36. The van der Waals surface area contributed by atoms with Crippen molar-refractivity contribution >= 4 is 17.2 Å². The Kier molecular flexibility index (Phi) is 3.30. The fourth-order valence-corrected chi connectivity index (χ4v) is 1.50. The first kappa shape index (κ1) is 11.7. The molecule has 0 saturated heterocycles. The number of ether oxygens (including phenoxy) is 1. The van der Waals surface area contributed by atoms with Crippen molar-refractivity contribution in [1.29, 1.82) is 5.26 Å². The maximum atomic E-state index is 9.01. The summed E-state index contributed by atoms with van der Waals surface area (Å²) in [5.74, 6) is 1.20. The highest BCUT2D eigenvalue weighted by Crippen LogP contribution is 2.22. The number of methoxy groups -OCH3 is 1. The van der Waals surface area contributed by atoms with Crippen LogP contribution in [0.25, 0.3) is 0 Å². The van der Waals surface area contributed by atoms with E-state index in [1.807, 2.05) is 30.3 Å². The summed E-state index contributed by atoms with van der Waals surface area (Å²) in [6.07, 6.45) is 1.50. The van der Waals surface area contributed by atoms with Crippen LogP contribution in [-0.4, -0.2) is 12.1 Å². The van der Waals surface area contributed by atoms with Crippen molar-refractivity contribution in [3.63, 3.8) is 0 Å². The van der Waals surface area contributed by atoms with Crippen molar-refractivity contribution in [2.24, 2.45) is 0 Å². The average Bonchev–Trinajstić information content (AvgIpc) is 2.41. The Morgan fingerprint density at radius 2 is 2.22 bits per heavy atom. The minimum atomic E-state index is 0.401. The molecule has 0 aliphatic heterocycles. The first-order valence-electron chi connectivity index (χ1n) is 5.29. The number of hydrogen-bond acceptors (Lipinski definition) is 5. The summed E-state index contributed by atoms with van der Waals surface area (Å²) >= 11 is 0. The minimum absolute atomic E-state index is 0.401. The lowest BCUT2D eigenvalue weighted by molar-refractivity contribution is 0.415. The Morgan fingerprint density at radius 1 is 1.39 bits per heavy atom. The Bertz CT molecular complexity index is 604. The molecule has 3 N–H and O–H groups in total. The van der Waals surface area contributed by atoms with Crippen LogP contribution in [0.5, 0.6) is 5.75 Å². The molecule has 0 fully saturated rings. The van der Waals surface area contributed by atoms with Crippen molar-refractivity contribution in [2.45, 2.75) is 0 Å². The number of benzene rings is 1. The summed E-state index contributed by atoms with van der Waals surface area (Å²) in [5.41, 5.74) is 7.24. The Balaban J connectivity index is 2.31. The molecule has 1 heterocycles. The van der Waals surface area contributed by atoms with E-state index < -0.39 is 0 Å². The smallest absolute Gasteiger partial charge is 0.148 e. The third-order valence-electron chi connectivity index (χ3n) is 2.36. The fraction of sp³-hybridized carbons (Fsp3) is 0.0769. The number of aromatic nitrogens is 1. The molecule has 0 spiro atoms. The average molecular weight is 240 g/mol. The zero-order valence-electron chi connectivity index (χ0n) is 9.84. The lowest BCUT2D eigenvalue weighted by atomic mass is 10.2. The first-order chi connectivity index (χ1) is 8.72. The molecule has 1 aromatic heterocycles. The minimum Gasteiger partial charge on any atom is -0.497 e. The molecule has 0 aliphatic carbocycles. The lowest BCUT2D eigenvalue weighted by Crippen LogP contribution is -1.98. The van der Waals surface area contributed by atoms with Gasteiger partial charge in [0.25, 0.3) is 0 Å². The van der Waals surface area contributed by atoms with E-state index in [2.05, 4.69) is 10.3 Å². The maximum Gasteiger partial charge on any atom is 0.148 e. The van der Waals surface area contributed by atoms with E-state index in [9.17, 15) is 0 Å². The lowest BCUT2D eigenvalue weighted by Gasteiger charge is -2.08. The van der Waals surface area contributed by atoms with Crippen molar-refractivity contribution in [3.8, 4) is 11.8 Å². The second kappa shape index (κ2) is 5.06. The number of nitriles is 1. The van der Waals surface area contributed by atoms with Gasteiger partial charge in [-0.3, -0.25) is 0 Å². The van der Waals surface area contributed by atoms with Gasteiger partial charge in [0.1, 0.15) is 17.6 Å². The second-order valence-electron chi connectivity index (χ2n) is 3.63. The van der Waals surface area contributed by atoms with E-state index in [1.165, 1.54) is 6.20 Å². The predicted molar refractivity (Wildman–Crippen MR) is 69.6 cm³/mol. The monoisotopic (exact) mass is 240 g/mol. The molecule has 90 valence electrons. The number of pyridine rings is 1. The van der Waals surface area contributed by atoms with Crippen LogP contribution in [0.1, 0.15) is 5.56 Å². The molecule has 18 heavy (non-hydrogen) atoms. The number of nitrogens with two attached hydrogens (primary N) is 1. The van der Waals surface area contributed by atoms with Gasteiger partial charge in [0.2, 0.25) is 0 Å². The van der Waals surface area contributed by atoms with Crippen LogP contribution in [0.4, 0.5) is 17.2 Å². The van der Waals surface area contributed by atoms with Crippen molar-refractivity contribution in [3.05, 3.63) is 42.1 Å². The van der Waals surface area contributed by atoms with Gasteiger partial charge in [-0.05, 0) is 18.2 Å². The first-order valence-corrected chi connectivity index (χ1v) is 5.29. The fourth-order valence-electron chi connectivity index (χ4n) is 1.50. The Labute approximate surface area is 105 Å². The molecule has 5 heteroatoms. The van der Waals surface area contributed by atoms with Crippen molar-refractivity contribution < 1.29 is 4.74 Å². The van der Waals surface area contributed by atoms with E-state index in [4.69, 9.17) is 15.7 Å². The largest absolute Gasteiger partial charge is 0.497 e. The molecule has 0 radical (unpaired) electrons. The molecule has 0 aliphatic rings. The van der Waals surface area contributed by atoms with Gasteiger partial charge in [0.05, 0.1) is 24.6 Å². The molecule has 0 atom stereocenters. The molecule has 0 saturated carbocycles. The van der Waals surface area contributed by atoms with Crippen LogP contribution in [0, 0.1) is 11.3 Å². The SMILES string of the molecule is COc1cccc(Nc2ncc(N)cc2C#N)c1. The molecule has 0 amide bonds. The van der Waals surface area contributed by atoms with E-state index >= 15 is 0 Å². The number of nitrogens with one attached hydrogen (secondary N) is 1. The van der Waals surface area contributed by atoms with Crippen LogP contribution in [0.2, 0.25) is 0 Å². The molecule has 0 unspecified atom stereocenters. The molecule has 1 aromatic carbocycles. The van der Waals surface area contributed by atoms with Gasteiger partial charge in [-0.15, -0.1) is 0 Å². The van der Waals surface area contributed by atoms with Gasteiger partial charge in [0.15, 0.2) is 0 Å². The molecule has 5 nitrogen and oxygen atoms in total. The summed E-state index contributed by atoms with van der Waals surface area (Å²) in [7, 11) is 1.60. The summed E-state index contributed by atoms with van der Waals surface area (Å²) < 4.78 is 5.12. The van der Waals surface area contributed by atoms with Gasteiger partial charge >= 0.3 is 0 Å². The molecular weight excluding hydrogens is 228 g/mol. The number of nitrogen functional groups attached to an aromatic ring is 1. The van der Waals surface area contributed by atoms with E-state index in [0.717, 1.165) is 11.4 Å². The predicted octanol–water partition coefficient (Wildman–Crippen LogP) is 2.29. The third kappa shape index (κ3) is 2.50. The standard InChI is InChI=1S/C13H12N4O/c1-18-12-4-2-3-11(6-12)17-13-9(7-14)5-10(15)8-16-13/h2-6,8H,15H2,1H3,(H,16,17). The normalized spacial score (nSPS) is 9.56. The van der Waals surface area contributed by atoms with E-state index in [-0.39, 0.29) is 0 Å². The summed E-state index contributed by atoms with van der Waals surface area (Å²) in [4.78, 5) is 4.10. The van der Waals surface area contributed by atoms with Gasteiger partial charge in [-0.1, -0.05) is 6.07 Å².